The van der Waals surface area contributed by atoms with Crippen LogP contribution in [0.3, 0.4) is 0 Å². The molecule has 3 rings (SSSR count). The first-order valence-corrected chi connectivity index (χ1v) is 10.2. The Morgan fingerprint density at radius 3 is 2.41 bits per heavy atom. The minimum atomic E-state index is -3.31. The molecule has 7 heteroatoms. The topological polar surface area (TPSA) is 40.6 Å². The van der Waals surface area contributed by atoms with Crippen molar-refractivity contribution in [1.82, 2.24) is 9.21 Å². The first-order valence-electron chi connectivity index (χ1n) is 7.07. The third-order valence-electron chi connectivity index (χ3n) is 3.77. The van der Waals surface area contributed by atoms with Gasteiger partial charge in [0.25, 0.3) is 10.0 Å². The zero-order chi connectivity index (χ0) is 15.6. The highest BCUT2D eigenvalue weighted by Crippen LogP contribution is 2.23. The van der Waals surface area contributed by atoms with Crippen molar-refractivity contribution in [2.75, 3.05) is 26.2 Å². The van der Waals surface area contributed by atoms with E-state index in [1.807, 2.05) is 18.2 Å². The van der Waals surface area contributed by atoms with E-state index in [4.69, 9.17) is 0 Å². The molecule has 1 saturated heterocycles. The molecule has 1 aliphatic heterocycles. The van der Waals surface area contributed by atoms with Crippen molar-refractivity contribution < 1.29 is 8.42 Å². The van der Waals surface area contributed by atoms with Gasteiger partial charge in [0.15, 0.2) is 0 Å². The second kappa shape index (κ2) is 6.80. The van der Waals surface area contributed by atoms with Crippen LogP contribution in [0.5, 0.6) is 0 Å². The summed E-state index contributed by atoms with van der Waals surface area (Å²) in [7, 11) is -3.31. The molecule has 2 aromatic rings. The van der Waals surface area contributed by atoms with E-state index >= 15 is 0 Å². The summed E-state index contributed by atoms with van der Waals surface area (Å²) < 4.78 is 28.1. The van der Waals surface area contributed by atoms with Gasteiger partial charge in [0.05, 0.1) is 0 Å². The van der Waals surface area contributed by atoms with Crippen molar-refractivity contribution in [3.05, 3.63) is 51.8 Å². The van der Waals surface area contributed by atoms with Gasteiger partial charge in [-0.2, -0.15) is 4.31 Å². The van der Waals surface area contributed by atoms with Crippen LogP contribution in [0.25, 0.3) is 0 Å². The third-order valence-corrected chi connectivity index (χ3v) is 7.82. The largest absolute Gasteiger partial charge is 0.296 e. The zero-order valence-electron chi connectivity index (χ0n) is 12.0. The summed E-state index contributed by atoms with van der Waals surface area (Å²) in [6.45, 7) is 3.45. The summed E-state index contributed by atoms with van der Waals surface area (Å²) in [4.78, 5) is 2.29. The van der Waals surface area contributed by atoms with Crippen LogP contribution < -0.4 is 0 Å². The number of hydrogen-bond donors (Lipinski definition) is 0. The lowest BCUT2D eigenvalue weighted by molar-refractivity contribution is 0.181. The number of thiophene rings is 1. The standard InChI is InChI=1S/C15H17BrN2O2S2/c16-14-5-2-1-4-13(14)12-17-7-9-18(10-8-17)22(19,20)15-6-3-11-21-15/h1-6,11H,7-10,12H2. The molecule has 0 aliphatic carbocycles. The van der Waals surface area contributed by atoms with Gasteiger partial charge in [0.1, 0.15) is 4.21 Å². The van der Waals surface area contributed by atoms with E-state index in [0.29, 0.717) is 17.3 Å². The molecule has 0 saturated carbocycles. The van der Waals surface area contributed by atoms with Gasteiger partial charge in [-0.05, 0) is 23.1 Å². The van der Waals surface area contributed by atoms with Gasteiger partial charge in [0.2, 0.25) is 0 Å². The Morgan fingerprint density at radius 1 is 1.05 bits per heavy atom. The Labute approximate surface area is 143 Å². The molecule has 0 spiro atoms. The van der Waals surface area contributed by atoms with Crippen molar-refractivity contribution in [2.45, 2.75) is 10.8 Å². The first-order chi connectivity index (χ1) is 10.6. The Bertz CT molecular complexity index is 724. The van der Waals surface area contributed by atoms with E-state index in [2.05, 4.69) is 26.9 Å². The molecular formula is C15H17BrN2O2S2. The molecule has 1 fully saturated rings. The van der Waals surface area contributed by atoms with Crippen LogP contribution in [0.1, 0.15) is 5.56 Å². The SMILES string of the molecule is O=S(=O)(c1cccs1)N1CCN(Cc2ccccc2Br)CC1. The fraction of sp³-hybridized carbons (Fsp3) is 0.333. The Kier molecular flexibility index (Phi) is 4.99. The quantitative estimate of drug-likeness (QED) is 0.791. The first kappa shape index (κ1) is 16.1. The molecule has 1 aromatic heterocycles. The van der Waals surface area contributed by atoms with E-state index in [0.717, 1.165) is 24.1 Å². The fourth-order valence-corrected chi connectivity index (χ4v) is 5.51. The lowest BCUT2D eigenvalue weighted by atomic mass is 10.2. The predicted molar refractivity (Wildman–Crippen MR) is 92.5 cm³/mol. The minimum Gasteiger partial charge on any atom is -0.296 e. The molecule has 1 aliphatic rings. The molecule has 4 nitrogen and oxygen atoms in total. The summed E-state index contributed by atoms with van der Waals surface area (Å²) in [6.07, 6.45) is 0. The number of halogens is 1. The van der Waals surface area contributed by atoms with Gasteiger partial charge in [-0.25, -0.2) is 8.42 Å². The summed E-state index contributed by atoms with van der Waals surface area (Å²) in [5.41, 5.74) is 1.23. The molecule has 118 valence electrons. The monoisotopic (exact) mass is 400 g/mol. The summed E-state index contributed by atoms with van der Waals surface area (Å²) >= 11 is 4.84. The number of benzene rings is 1. The number of hydrogen-bond acceptors (Lipinski definition) is 4. The van der Waals surface area contributed by atoms with E-state index < -0.39 is 10.0 Å². The van der Waals surface area contributed by atoms with Gasteiger partial charge in [-0.1, -0.05) is 40.2 Å². The molecule has 0 unspecified atom stereocenters. The van der Waals surface area contributed by atoms with Crippen molar-refractivity contribution in [2.24, 2.45) is 0 Å². The van der Waals surface area contributed by atoms with Gasteiger partial charge in [0, 0.05) is 37.2 Å². The highest BCUT2D eigenvalue weighted by Gasteiger charge is 2.29. The predicted octanol–water partition coefficient (Wildman–Crippen LogP) is 3.02. The highest BCUT2D eigenvalue weighted by atomic mass is 79.9. The Morgan fingerprint density at radius 2 is 1.77 bits per heavy atom. The average Bonchev–Trinajstić information content (AvgIpc) is 3.05. The van der Waals surface area contributed by atoms with Crippen LogP contribution in [0.15, 0.2) is 50.5 Å². The molecule has 0 atom stereocenters. The van der Waals surface area contributed by atoms with Crippen LogP contribution in [0.4, 0.5) is 0 Å². The van der Waals surface area contributed by atoms with Crippen molar-refractivity contribution >= 4 is 37.3 Å². The maximum Gasteiger partial charge on any atom is 0.252 e. The van der Waals surface area contributed by atoms with E-state index in [1.165, 1.54) is 16.9 Å². The molecule has 1 aromatic carbocycles. The lowest BCUT2D eigenvalue weighted by Crippen LogP contribution is -2.48. The molecule has 0 N–H and O–H groups in total. The van der Waals surface area contributed by atoms with Crippen LogP contribution in [0.2, 0.25) is 0 Å². The molecular weight excluding hydrogens is 384 g/mol. The third kappa shape index (κ3) is 3.44. The summed E-state index contributed by atoms with van der Waals surface area (Å²) in [5.74, 6) is 0. The minimum absolute atomic E-state index is 0.437. The Hall–Kier alpha value is -0.730. The van der Waals surface area contributed by atoms with Gasteiger partial charge < -0.3 is 0 Å². The smallest absolute Gasteiger partial charge is 0.252 e. The maximum absolute atomic E-state index is 12.5. The second-order valence-corrected chi connectivity index (χ2v) is 9.17. The van der Waals surface area contributed by atoms with Crippen molar-refractivity contribution in [1.29, 1.82) is 0 Å². The van der Waals surface area contributed by atoms with Crippen LogP contribution in [-0.2, 0) is 16.6 Å². The lowest BCUT2D eigenvalue weighted by Gasteiger charge is -2.33. The zero-order valence-corrected chi connectivity index (χ0v) is 15.2. The van der Waals surface area contributed by atoms with E-state index in [-0.39, 0.29) is 0 Å². The van der Waals surface area contributed by atoms with Crippen LogP contribution in [-0.4, -0.2) is 43.8 Å². The van der Waals surface area contributed by atoms with Gasteiger partial charge in [-0.15, -0.1) is 11.3 Å². The summed E-state index contributed by atoms with van der Waals surface area (Å²) in [6, 6.07) is 11.6. The van der Waals surface area contributed by atoms with E-state index in [9.17, 15) is 8.42 Å². The van der Waals surface area contributed by atoms with Crippen molar-refractivity contribution in [3.63, 3.8) is 0 Å². The number of nitrogens with zero attached hydrogens (tertiary/aromatic N) is 2. The fourth-order valence-electron chi connectivity index (χ4n) is 2.53. The van der Waals surface area contributed by atoms with Crippen molar-refractivity contribution in [3.8, 4) is 0 Å². The Balaban J connectivity index is 1.62. The molecule has 2 heterocycles. The van der Waals surface area contributed by atoms with Gasteiger partial charge >= 0.3 is 0 Å². The normalized spacial score (nSPS) is 17.7. The molecule has 22 heavy (non-hydrogen) atoms. The number of piperazine rings is 1. The van der Waals surface area contributed by atoms with Crippen LogP contribution >= 0.6 is 27.3 Å². The number of rotatable bonds is 4. The number of sulfonamides is 1. The van der Waals surface area contributed by atoms with Crippen LogP contribution in [0, 0.1) is 0 Å². The van der Waals surface area contributed by atoms with E-state index in [1.54, 1.807) is 21.8 Å². The molecule has 0 radical (unpaired) electrons. The second-order valence-electron chi connectivity index (χ2n) is 5.20. The van der Waals surface area contributed by atoms with Gasteiger partial charge in [-0.3, -0.25) is 4.90 Å². The average molecular weight is 401 g/mol. The molecule has 0 amide bonds. The maximum atomic E-state index is 12.5. The molecule has 0 bridgehead atoms. The summed E-state index contributed by atoms with van der Waals surface area (Å²) in [5, 5.41) is 1.80. The highest BCUT2D eigenvalue weighted by molar-refractivity contribution is 9.10.